The molecule has 5 heteroatoms. The summed E-state index contributed by atoms with van der Waals surface area (Å²) in [6.07, 6.45) is 0. The Labute approximate surface area is 105 Å². The smallest absolute Gasteiger partial charge is 0.282 e. The molecule has 0 saturated carbocycles. The Kier molecular flexibility index (Phi) is 3.15. The van der Waals surface area contributed by atoms with Gasteiger partial charge in [0.1, 0.15) is 11.0 Å². The van der Waals surface area contributed by atoms with Crippen LogP contribution in [0.3, 0.4) is 0 Å². The molecule has 90 valence electrons. The van der Waals surface area contributed by atoms with Gasteiger partial charge in [0.25, 0.3) is 10.1 Å². The molecule has 1 N–H and O–H groups in total. The van der Waals surface area contributed by atoms with Crippen LogP contribution < -0.4 is 0 Å². The Bertz CT molecular complexity index is 716. The highest BCUT2D eigenvalue weighted by molar-refractivity contribution is 7.86. The van der Waals surface area contributed by atoms with Crippen LogP contribution in [-0.2, 0) is 10.1 Å². The summed E-state index contributed by atoms with van der Waals surface area (Å²) in [5.41, 5.74) is 0.873. The van der Waals surface area contributed by atoms with Crippen LogP contribution in [-0.4, -0.2) is 13.0 Å². The van der Waals surface area contributed by atoms with Gasteiger partial charge in [0, 0.05) is 5.56 Å². The molecule has 0 saturated heterocycles. The molecule has 0 radical (unpaired) electrons. The molecule has 0 aliphatic heterocycles. The fraction of sp³-hybridized carbons (Fsp3) is 0. The quantitative estimate of drug-likeness (QED) is 0.840. The minimum absolute atomic E-state index is 0.0705. The summed E-state index contributed by atoms with van der Waals surface area (Å²) in [4.78, 5) is -0.348. The first-order valence-electron chi connectivity index (χ1n) is 5.10. The van der Waals surface area contributed by atoms with Crippen molar-refractivity contribution in [1.29, 1.82) is 5.26 Å². The van der Waals surface area contributed by atoms with Crippen LogP contribution in [0.2, 0.25) is 0 Å². The lowest BCUT2D eigenvalue weighted by Crippen LogP contribution is -2.03. The zero-order valence-corrected chi connectivity index (χ0v) is 10.1. The van der Waals surface area contributed by atoms with Crippen LogP contribution >= 0.6 is 0 Å². The predicted molar refractivity (Wildman–Crippen MR) is 66.4 cm³/mol. The van der Waals surface area contributed by atoms with Gasteiger partial charge in [0.05, 0.1) is 5.56 Å². The van der Waals surface area contributed by atoms with Crippen molar-refractivity contribution >= 4 is 10.1 Å². The highest BCUT2D eigenvalue weighted by Crippen LogP contribution is 2.29. The summed E-state index contributed by atoms with van der Waals surface area (Å²) in [6, 6.07) is 15.0. The number of benzene rings is 2. The normalized spacial score (nSPS) is 10.9. The number of hydrogen-bond acceptors (Lipinski definition) is 3. The topological polar surface area (TPSA) is 78.2 Å². The monoisotopic (exact) mass is 259 g/mol. The van der Waals surface area contributed by atoms with E-state index in [2.05, 4.69) is 0 Å². The molecular formula is C13H9NO3S. The van der Waals surface area contributed by atoms with Gasteiger partial charge in [-0.1, -0.05) is 42.5 Å². The van der Waals surface area contributed by atoms with Crippen molar-refractivity contribution in [3.8, 4) is 17.2 Å². The average molecular weight is 259 g/mol. The largest absolute Gasteiger partial charge is 0.296 e. The van der Waals surface area contributed by atoms with Crippen molar-refractivity contribution in [1.82, 2.24) is 0 Å². The first-order valence-corrected chi connectivity index (χ1v) is 6.54. The maximum Gasteiger partial charge on any atom is 0.296 e. The molecular weight excluding hydrogens is 250 g/mol. The van der Waals surface area contributed by atoms with Crippen molar-refractivity contribution in [3.63, 3.8) is 0 Å². The van der Waals surface area contributed by atoms with Gasteiger partial charge in [-0.2, -0.15) is 13.7 Å². The zero-order chi connectivity index (χ0) is 13.2. The van der Waals surface area contributed by atoms with Crippen molar-refractivity contribution < 1.29 is 13.0 Å². The molecule has 0 aromatic heterocycles. The standard InChI is InChI=1S/C13H9NO3S/c14-9-11-7-4-8-12(13(11)18(15,16)17)10-5-2-1-3-6-10/h1-8H,(H,15,16,17). The van der Waals surface area contributed by atoms with Crippen molar-refractivity contribution in [3.05, 3.63) is 54.1 Å². The molecule has 2 aromatic carbocycles. The minimum atomic E-state index is -4.45. The van der Waals surface area contributed by atoms with Gasteiger partial charge >= 0.3 is 0 Å². The fourth-order valence-electron chi connectivity index (χ4n) is 1.75. The third-order valence-corrected chi connectivity index (χ3v) is 3.43. The second-order valence-corrected chi connectivity index (χ2v) is 4.99. The van der Waals surface area contributed by atoms with E-state index >= 15 is 0 Å². The second-order valence-electron chi connectivity index (χ2n) is 3.64. The van der Waals surface area contributed by atoms with Crippen LogP contribution in [0.1, 0.15) is 5.56 Å². The summed E-state index contributed by atoms with van der Waals surface area (Å²) in [5.74, 6) is 0. The minimum Gasteiger partial charge on any atom is -0.282 e. The molecule has 2 aromatic rings. The van der Waals surface area contributed by atoms with E-state index in [0.717, 1.165) is 0 Å². The van der Waals surface area contributed by atoms with E-state index in [9.17, 15) is 13.0 Å². The van der Waals surface area contributed by atoms with Crippen LogP contribution in [0, 0.1) is 11.3 Å². The van der Waals surface area contributed by atoms with Gasteiger partial charge in [0.2, 0.25) is 0 Å². The molecule has 0 heterocycles. The Morgan fingerprint density at radius 1 is 1.00 bits per heavy atom. The second kappa shape index (κ2) is 4.61. The van der Waals surface area contributed by atoms with E-state index in [-0.39, 0.29) is 10.5 Å². The molecule has 0 aliphatic rings. The Balaban J connectivity index is 2.82. The van der Waals surface area contributed by atoms with E-state index in [0.29, 0.717) is 11.1 Å². The lowest BCUT2D eigenvalue weighted by atomic mass is 10.0. The molecule has 2 rings (SSSR count). The summed E-state index contributed by atoms with van der Waals surface area (Å²) in [6.45, 7) is 0. The summed E-state index contributed by atoms with van der Waals surface area (Å²) < 4.78 is 32.1. The van der Waals surface area contributed by atoms with E-state index < -0.39 is 10.1 Å². The summed E-state index contributed by atoms with van der Waals surface area (Å²) in [7, 11) is -4.45. The van der Waals surface area contributed by atoms with Gasteiger partial charge in [-0.3, -0.25) is 4.55 Å². The average Bonchev–Trinajstić information content (AvgIpc) is 2.38. The molecule has 0 fully saturated rings. The highest BCUT2D eigenvalue weighted by Gasteiger charge is 2.20. The van der Waals surface area contributed by atoms with Gasteiger partial charge in [-0.25, -0.2) is 0 Å². The number of nitriles is 1. The van der Waals surface area contributed by atoms with Gasteiger partial charge in [0.15, 0.2) is 0 Å². The summed E-state index contributed by atoms with van der Waals surface area (Å²) >= 11 is 0. The molecule has 4 nitrogen and oxygen atoms in total. The van der Waals surface area contributed by atoms with E-state index in [1.54, 1.807) is 48.5 Å². The van der Waals surface area contributed by atoms with Gasteiger partial charge < -0.3 is 0 Å². The van der Waals surface area contributed by atoms with Crippen molar-refractivity contribution in [2.75, 3.05) is 0 Å². The summed E-state index contributed by atoms with van der Waals surface area (Å²) in [5, 5.41) is 8.93. The Morgan fingerprint density at radius 2 is 1.67 bits per heavy atom. The third-order valence-electron chi connectivity index (χ3n) is 2.48. The zero-order valence-electron chi connectivity index (χ0n) is 9.24. The number of hydrogen-bond donors (Lipinski definition) is 1. The number of rotatable bonds is 2. The van der Waals surface area contributed by atoms with Crippen molar-refractivity contribution in [2.45, 2.75) is 4.90 Å². The van der Waals surface area contributed by atoms with Crippen molar-refractivity contribution in [2.24, 2.45) is 0 Å². The third kappa shape index (κ3) is 2.25. The highest BCUT2D eigenvalue weighted by atomic mass is 32.2. The molecule has 0 amide bonds. The SMILES string of the molecule is N#Cc1cccc(-c2ccccc2)c1S(=O)(=O)O. The molecule has 0 aliphatic carbocycles. The van der Waals surface area contributed by atoms with E-state index in [1.807, 2.05) is 0 Å². The first kappa shape index (κ1) is 12.3. The van der Waals surface area contributed by atoms with Crippen LogP contribution in [0.15, 0.2) is 53.4 Å². The van der Waals surface area contributed by atoms with Gasteiger partial charge in [-0.05, 0) is 11.6 Å². The van der Waals surface area contributed by atoms with E-state index in [4.69, 9.17) is 5.26 Å². The Hall–Kier alpha value is -2.16. The van der Waals surface area contributed by atoms with Gasteiger partial charge in [-0.15, -0.1) is 0 Å². The molecule has 0 atom stereocenters. The number of nitrogens with zero attached hydrogens (tertiary/aromatic N) is 1. The fourth-order valence-corrected chi connectivity index (χ4v) is 2.60. The molecule has 0 unspecified atom stereocenters. The first-order chi connectivity index (χ1) is 8.54. The molecule has 18 heavy (non-hydrogen) atoms. The molecule has 0 bridgehead atoms. The predicted octanol–water partition coefficient (Wildman–Crippen LogP) is 2.47. The van der Waals surface area contributed by atoms with Crippen LogP contribution in [0.25, 0.3) is 11.1 Å². The lowest BCUT2D eigenvalue weighted by Gasteiger charge is -2.08. The maximum absolute atomic E-state index is 11.4. The maximum atomic E-state index is 11.4. The van der Waals surface area contributed by atoms with E-state index in [1.165, 1.54) is 6.07 Å². The molecule has 0 spiro atoms. The Morgan fingerprint density at radius 3 is 2.22 bits per heavy atom. The van der Waals surface area contributed by atoms with Crippen LogP contribution in [0.5, 0.6) is 0 Å². The lowest BCUT2D eigenvalue weighted by molar-refractivity contribution is 0.483. The van der Waals surface area contributed by atoms with Crippen LogP contribution in [0.4, 0.5) is 0 Å².